The molecule has 0 aliphatic heterocycles. The first-order valence-corrected chi connectivity index (χ1v) is 7.55. The Hall–Kier alpha value is -0.770. The third-order valence-electron chi connectivity index (χ3n) is 3.36. The first-order valence-electron chi connectivity index (χ1n) is 7.17. The van der Waals surface area contributed by atoms with Gasteiger partial charge in [0.1, 0.15) is 0 Å². The molecule has 0 bridgehead atoms. The summed E-state index contributed by atoms with van der Waals surface area (Å²) in [5, 5.41) is 4.27. The van der Waals surface area contributed by atoms with E-state index in [1.165, 1.54) is 5.56 Å². The lowest BCUT2D eigenvalue weighted by molar-refractivity contribution is 0.183. The zero-order valence-electron chi connectivity index (χ0n) is 13.2. The van der Waals surface area contributed by atoms with Crippen LogP contribution in [0.25, 0.3) is 0 Å². The van der Waals surface area contributed by atoms with Gasteiger partial charge in [-0.15, -0.1) is 0 Å². The summed E-state index contributed by atoms with van der Waals surface area (Å²) in [6.45, 7) is 9.07. The number of benzene rings is 1. The Morgan fingerprint density at radius 2 is 2.00 bits per heavy atom. The van der Waals surface area contributed by atoms with Gasteiger partial charge in [0.15, 0.2) is 0 Å². The van der Waals surface area contributed by atoms with Crippen molar-refractivity contribution in [3.05, 3.63) is 28.8 Å². The molecule has 0 fully saturated rings. The molecule has 3 nitrogen and oxygen atoms in total. The molecule has 1 aromatic carbocycles. The molecule has 1 N–H and O–H groups in total. The Morgan fingerprint density at radius 3 is 2.60 bits per heavy atom. The highest BCUT2D eigenvalue weighted by Crippen LogP contribution is 2.30. The Labute approximate surface area is 128 Å². The van der Waals surface area contributed by atoms with Gasteiger partial charge in [-0.1, -0.05) is 37.6 Å². The maximum absolute atomic E-state index is 6.40. The minimum Gasteiger partial charge on any atom is -0.383 e. The summed E-state index contributed by atoms with van der Waals surface area (Å²) in [6.07, 6.45) is 0. The van der Waals surface area contributed by atoms with Crippen molar-refractivity contribution in [2.75, 3.05) is 32.2 Å². The van der Waals surface area contributed by atoms with Gasteiger partial charge in [-0.2, -0.15) is 0 Å². The number of rotatable bonds is 8. The van der Waals surface area contributed by atoms with Crippen molar-refractivity contribution in [1.82, 2.24) is 5.32 Å². The van der Waals surface area contributed by atoms with Crippen LogP contribution in [0.3, 0.4) is 0 Å². The zero-order chi connectivity index (χ0) is 15.1. The molecule has 1 unspecified atom stereocenters. The average Bonchev–Trinajstić information content (AvgIpc) is 2.38. The first kappa shape index (κ1) is 17.3. The van der Waals surface area contributed by atoms with Crippen LogP contribution < -0.4 is 10.2 Å². The second-order valence-electron chi connectivity index (χ2n) is 5.69. The minimum absolute atomic E-state index is 0.281. The van der Waals surface area contributed by atoms with Crippen LogP contribution in [-0.4, -0.2) is 33.4 Å². The number of nitrogens with one attached hydrogen (secondary N) is 1. The molecule has 20 heavy (non-hydrogen) atoms. The zero-order valence-corrected chi connectivity index (χ0v) is 14.0. The predicted molar refractivity (Wildman–Crippen MR) is 87.7 cm³/mol. The molecule has 4 heteroatoms. The van der Waals surface area contributed by atoms with Gasteiger partial charge in [0.2, 0.25) is 0 Å². The van der Waals surface area contributed by atoms with Gasteiger partial charge in [0.25, 0.3) is 0 Å². The molecule has 0 radical (unpaired) electrons. The van der Waals surface area contributed by atoms with Crippen molar-refractivity contribution in [3.8, 4) is 0 Å². The third-order valence-corrected chi connectivity index (χ3v) is 3.67. The summed E-state index contributed by atoms with van der Waals surface area (Å²) in [7, 11) is 3.79. The average molecular weight is 299 g/mol. The Bertz CT molecular complexity index is 409. The second kappa shape index (κ2) is 8.50. The molecule has 0 aromatic heterocycles. The predicted octanol–water partition coefficient (Wildman–Crippen LogP) is 3.56. The van der Waals surface area contributed by atoms with E-state index < -0.39 is 0 Å². The van der Waals surface area contributed by atoms with E-state index in [0.29, 0.717) is 12.5 Å². The maximum Gasteiger partial charge on any atom is 0.0663 e. The number of para-hydroxylation sites is 1. The van der Waals surface area contributed by atoms with E-state index in [0.717, 1.165) is 23.8 Å². The van der Waals surface area contributed by atoms with Crippen molar-refractivity contribution in [2.24, 2.45) is 5.92 Å². The van der Waals surface area contributed by atoms with Crippen molar-refractivity contribution in [2.45, 2.75) is 33.4 Å². The molecule has 0 spiro atoms. The highest BCUT2D eigenvalue weighted by molar-refractivity contribution is 6.33. The van der Waals surface area contributed by atoms with E-state index in [9.17, 15) is 0 Å². The number of ether oxygens (including phenoxy) is 1. The lowest BCUT2D eigenvalue weighted by atomic mass is 10.1. The molecule has 0 heterocycles. The van der Waals surface area contributed by atoms with E-state index in [2.05, 4.69) is 44.1 Å². The summed E-state index contributed by atoms with van der Waals surface area (Å²) < 4.78 is 5.24. The standard InChI is InChI=1S/C16H27ClN2O/c1-12(2)9-18-10-14-7-6-8-15(17)16(14)19(4)13(3)11-20-5/h6-8,12-13,18H,9-11H2,1-5H3. The summed E-state index contributed by atoms with van der Waals surface area (Å²) in [5.41, 5.74) is 2.32. The van der Waals surface area contributed by atoms with Crippen molar-refractivity contribution >= 4 is 17.3 Å². The fourth-order valence-corrected chi connectivity index (χ4v) is 2.49. The normalized spacial score (nSPS) is 12.8. The minimum atomic E-state index is 0.281. The number of methoxy groups -OCH3 is 1. The second-order valence-corrected chi connectivity index (χ2v) is 6.09. The maximum atomic E-state index is 6.40. The molecule has 0 amide bonds. The summed E-state index contributed by atoms with van der Waals surface area (Å²) >= 11 is 6.40. The number of hydrogen-bond acceptors (Lipinski definition) is 3. The first-order chi connectivity index (χ1) is 9.47. The summed E-state index contributed by atoms with van der Waals surface area (Å²) in [5.74, 6) is 0.641. The molecular formula is C16H27ClN2O. The summed E-state index contributed by atoms with van der Waals surface area (Å²) in [6, 6.07) is 6.36. The lowest BCUT2D eigenvalue weighted by Gasteiger charge is -2.29. The van der Waals surface area contributed by atoms with Crippen LogP contribution in [0, 0.1) is 5.92 Å². The van der Waals surface area contributed by atoms with Crippen LogP contribution >= 0.6 is 11.6 Å². The lowest BCUT2D eigenvalue weighted by Crippen LogP contribution is -2.34. The third kappa shape index (κ3) is 4.97. The topological polar surface area (TPSA) is 24.5 Å². The number of halogens is 1. The monoisotopic (exact) mass is 298 g/mol. The largest absolute Gasteiger partial charge is 0.383 e. The van der Waals surface area contributed by atoms with Crippen molar-refractivity contribution < 1.29 is 4.74 Å². The van der Waals surface area contributed by atoms with Crippen LogP contribution in [-0.2, 0) is 11.3 Å². The van der Waals surface area contributed by atoms with Gasteiger partial charge < -0.3 is 15.0 Å². The van der Waals surface area contributed by atoms with Gasteiger partial charge in [0, 0.05) is 26.7 Å². The van der Waals surface area contributed by atoms with Crippen molar-refractivity contribution in [1.29, 1.82) is 0 Å². The molecule has 1 aromatic rings. The Kier molecular flexibility index (Phi) is 7.35. The van der Waals surface area contributed by atoms with E-state index in [4.69, 9.17) is 16.3 Å². The molecule has 0 saturated carbocycles. The highest BCUT2D eigenvalue weighted by Gasteiger charge is 2.16. The van der Waals surface area contributed by atoms with Crippen LogP contribution in [0.15, 0.2) is 18.2 Å². The number of anilines is 1. The van der Waals surface area contributed by atoms with E-state index in [-0.39, 0.29) is 6.04 Å². The van der Waals surface area contributed by atoms with E-state index in [1.54, 1.807) is 7.11 Å². The van der Waals surface area contributed by atoms with Crippen LogP contribution in [0.2, 0.25) is 5.02 Å². The molecule has 1 atom stereocenters. The SMILES string of the molecule is COCC(C)N(C)c1c(Cl)cccc1CNCC(C)C. The molecule has 0 saturated heterocycles. The fourth-order valence-electron chi connectivity index (χ4n) is 2.17. The quantitative estimate of drug-likeness (QED) is 0.794. The van der Waals surface area contributed by atoms with E-state index in [1.807, 2.05) is 12.1 Å². The Morgan fingerprint density at radius 1 is 1.30 bits per heavy atom. The molecule has 0 aliphatic carbocycles. The Balaban J connectivity index is 2.87. The van der Waals surface area contributed by atoms with Gasteiger partial charge in [-0.3, -0.25) is 0 Å². The van der Waals surface area contributed by atoms with Crippen LogP contribution in [0.4, 0.5) is 5.69 Å². The number of likely N-dealkylation sites (N-methyl/N-ethyl adjacent to an activating group) is 1. The smallest absolute Gasteiger partial charge is 0.0663 e. The van der Waals surface area contributed by atoms with E-state index >= 15 is 0 Å². The van der Waals surface area contributed by atoms with Gasteiger partial charge in [-0.05, 0) is 31.0 Å². The molecule has 0 aliphatic rings. The van der Waals surface area contributed by atoms with Crippen LogP contribution in [0.1, 0.15) is 26.3 Å². The number of nitrogens with zero attached hydrogens (tertiary/aromatic N) is 1. The number of hydrogen-bond donors (Lipinski definition) is 1. The fraction of sp³-hybridized carbons (Fsp3) is 0.625. The molecule has 114 valence electrons. The summed E-state index contributed by atoms with van der Waals surface area (Å²) in [4.78, 5) is 2.19. The van der Waals surface area contributed by atoms with Crippen molar-refractivity contribution in [3.63, 3.8) is 0 Å². The van der Waals surface area contributed by atoms with Gasteiger partial charge >= 0.3 is 0 Å². The highest BCUT2D eigenvalue weighted by atomic mass is 35.5. The van der Waals surface area contributed by atoms with Gasteiger partial charge in [0.05, 0.1) is 17.3 Å². The molecular weight excluding hydrogens is 272 g/mol. The van der Waals surface area contributed by atoms with Gasteiger partial charge in [-0.25, -0.2) is 0 Å². The van der Waals surface area contributed by atoms with Crippen LogP contribution in [0.5, 0.6) is 0 Å². The molecule has 1 rings (SSSR count).